The molecule has 1 saturated heterocycles. The van der Waals surface area contributed by atoms with Crippen molar-refractivity contribution in [1.29, 1.82) is 0 Å². The summed E-state index contributed by atoms with van der Waals surface area (Å²) in [7, 11) is 1.67. The van der Waals surface area contributed by atoms with Crippen LogP contribution in [-0.4, -0.2) is 65.3 Å². The molecule has 0 spiro atoms. The topological polar surface area (TPSA) is 73.2 Å². The fourth-order valence-corrected chi connectivity index (χ4v) is 3.80. The van der Waals surface area contributed by atoms with Gasteiger partial charge >= 0.3 is 0 Å². The molecular formula is C22H28N2O4. The number of nitrogens with zero attached hydrogens (tertiary/aromatic N) is 2. The molecule has 28 heavy (non-hydrogen) atoms. The van der Waals surface area contributed by atoms with Gasteiger partial charge in [0.05, 0.1) is 7.11 Å². The van der Waals surface area contributed by atoms with Crippen LogP contribution in [0.15, 0.2) is 42.5 Å². The van der Waals surface area contributed by atoms with Crippen molar-refractivity contribution in [3.63, 3.8) is 0 Å². The average Bonchev–Trinajstić information content (AvgIpc) is 2.69. The molecule has 1 fully saturated rings. The fourth-order valence-electron chi connectivity index (χ4n) is 3.80. The van der Waals surface area contributed by atoms with Crippen molar-refractivity contribution in [2.75, 3.05) is 33.4 Å². The van der Waals surface area contributed by atoms with Gasteiger partial charge in [0.25, 0.3) is 5.91 Å². The number of aliphatic hydroxyl groups is 1. The molecule has 150 valence electrons. The zero-order valence-electron chi connectivity index (χ0n) is 16.5. The second-order valence-corrected chi connectivity index (χ2v) is 7.24. The van der Waals surface area contributed by atoms with Gasteiger partial charge in [-0.05, 0) is 48.7 Å². The van der Waals surface area contributed by atoms with Gasteiger partial charge in [-0.1, -0.05) is 18.2 Å². The minimum absolute atomic E-state index is 0.0803. The number of phenols is 1. The van der Waals surface area contributed by atoms with Crippen LogP contribution in [0.5, 0.6) is 11.5 Å². The summed E-state index contributed by atoms with van der Waals surface area (Å²) in [6.45, 7) is 4.79. The molecule has 3 rings (SSSR count). The van der Waals surface area contributed by atoms with E-state index in [0.717, 1.165) is 24.4 Å². The highest BCUT2D eigenvalue weighted by molar-refractivity contribution is 5.94. The van der Waals surface area contributed by atoms with Gasteiger partial charge in [-0.3, -0.25) is 9.69 Å². The molecule has 0 aliphatic carbocycles. The Kier molecular flexibility index (Phi) is 6.54. The molecule has 0 unspecified atom stereocenters. The predicted molar refractivity (Wildman–Crippen MR) is 108 cm³/mol. The standard InChI is InChI=1S/C22H28N2O4/c1-16-12-17(6-7-21(16)28-2)14-23-9-10-24(15-19(23)8-11-25)22(27)18-4-3-5-20(26)13-18/h3-7,12-13,19,25-26H,8-11,14-15H2,1-2H3/t19-/m1/s1. The van der Waals surface area contributed by atoms with Crippen molar-refractivity contribution in [3.05, 3.63) is 59.2 Å². The number of hydrogen-bond donors (Lipinski definition) is 2. The number of carbonyl (C=O) groups is 1. The van der Waals surface area contributed by atoms with E-state index < -0.39 is 0 Å². The molecule has 2 aromatic carbocycles. The summed E-state index contributed by atoms with van der Waals surface area (Å²) in [5, 5.41) is 19.2. The lowest BCUT2D eigenvalue weighted by molar-refractivity contribution is 0.0395. The van der Waals surface area contributed by atoms with Crippen LogP contribution in [0.3, 0.4) is 0 Å². The Labute approximate surface area is 166 Å². The van der Waals surface area contributed by atoms with Crippen LogP contribution in [0.4, 0.5) is 0 Å². The maximum absolute atomic E-state index is 12.8. The van der Waals surface area contributed by atoms with Crippen molar-refractivity contribution in [2.24, 2.45) is 0 Å². The first kappa shape index (κ1) is 20.2. The van der Waals surface area contributed by atoms with Gasteiger partial charge in [0.15, 0.2) is 0 Å². The fraction of sp³-hybridized carbons (Fsp3) is 0.409. The molecule has 2 N–H and O–H groups in total. The zero-order chi connectivity index (χ0) is 20.1. The number of ether oxygens (including phenoxy) is 1. The predicted octanol–water partition coefficient (Wildman–Crippen LogP) is 2.42. The van der Waals surface area contributed by atoms with E-state index in [1.54, 1.807) is 25.3 Å². The molecule has 0 aromatic heterocycles. The van der Waals surface area contributed by atoms with E-state index in [2.05, 4.69) is 17.0 Å². The first-order valence-corrected chi connectivity index (χ1v) is 9.58. The van der Waals surface area contributed by atoms with Gasteiger partial charge in [-0.25, -0.2) is 0 Å². The molecule has 0 radical (unpaired) electrons. The van der Waals surface area contributed by atoms with E-state index in [1.165, 1.54) is 11.6 Å². The van der Waals surface area contributed by atoms with Crippen molar-refractivity contribution in [3.8, 4) is 11.5 Å². The second kappa shape index (κ2) is 9.08. The summed E-state index contributed by atoms with van der Waals surface area (Å²) in [6.07, 6.45) is 0.610. The van der Waals surface area contributed by atoms with Gasteiger partial charge in [0.1, 0.15) is 11.5 Å². The summed E-state index contributed by atoms with van der Waals surface area (Å²) in [5.74, 6) is 0.877. The van der Waals surface area contributed by atoms with Gasteiger partial charge in [-0.2, -0.15) is 0 Å². The number of amides is 1. The van der Waals surface area contributed by atoms with Crippen LogP contribution in [0.1, 0.15) is 27.9 Å². The molecule has 1 heterocycles. The summed E-state index contributed by atoms with van der Waals surface area (Å²) in [4.78, 5) is 16.9. The van der Waals surface area contributed by atoms with Crippen LogP contribution in [0.25, 0.3) is 0 Å². The van der Waals surface area contributed by atoms with E-state index in [4.69, 9.17) is 4.74 Å². The summed E-state index contributed by atoms with van der Waals surface area (Å²) < 4.78 is 5.33. The van der Waals surface area contributed by atoms with E-state index >= 15 is 0 Å². The van der Waals surface area contributed by atoms with Crippen molar-refractivity contribution in [1.82, 2.24) is 9.80 Å². The maximum atomic E-state index is 12.8. The number of aliphatic hydroxyl groups excluding tert-OH is 1. The molecule has 2 aromatic rings. The molecule has 1 aliphatic rings. The lowest BCUT2D eigenvalue weighted by atomic mass is 10.0. The van der Waals surface area contributed by atoms with E-state index in [-0.39, 0.29) is 24.3 Å². The second-order valence-electron chi connectivity index (χ2n) is 7.24. The van der Waals surface area contributed by atoms with E-state index in [0.29, 0.717) is 25.1 Å². The van der Waals surface area contributed by atoms with E-state index in [1.807, 2.05) is 17.9 Å². The largest absolute Gasteiger partial charge is 0.508 e. The first-order valence-electron chi connectivity index (χ1n) is 9.58. The summed E-state index contributed by atoms with van der Waals surface area (Å²) in [6, 6.07) is 12.7. The molecule has 6 nitrogen and oxygen atoms in total. The number of rotatable bonds is 6. The number of piperazine rings is 1. The SMILES string of the molecule is COc1ccc(CN2CCN(C(=O)c3cccc(O)c3)C[C@H]2CCO)cc1C. The van der Waals surface area contributed by atoms with Crippen molar-refractivity contribution in [2.45, 2.75) is 25.9 Å². The number of aryl methyl sites for hydroxylation is 1. The Balaban J connectivity index is 1.70. The highest BCUT2D eigenvalue weighted by atomic mass is 16.5. The van der Waals surface area contributed by atoms with Crippen LogP contribution in [0, 0.1) is 6.92 Å². The zero-order valence-corrected chi connectivity index (χ0v) is 16.5. The number of methoxy groups -OCH3 is 1. The molecule has 1 aliphatic heterocycles. The van der Waals surface area contributed by atoms with Gasteiger partial charge in [0.2, 0.25) is 0 Å². The highest BCUT2D eigenvalue weighted by Gasteiger charge is 2.29. The monoisotopic (exact) mass is 384 g/mol. The minimum atomic E-state index is -0.0845. The maximum Gasteiger partial charge on any atom is 0.254 e. The van der Waals surface area contributed by atoms with Gasteiger partial charge < -0.3 is 19.8 Å². The number of aromatic hydroxyl groups is 1. The lowest BCUT2D eigenvalue weighted by Gasteiger charge is -2.41. The van der Waals surface area contributed by atoms with Crippen LogP contribution < -0.4 is 4.74 Å². The number of benzene rings is 2. The van der Waals surface area contributed by atoms with Gasteiger partial charge in [-0.15, -0.1) is 0 Å². The Morgan fingerprint density at radius 3 is 2.71 bits per heavy atom. The average molecular weight is 384 g/mol. The Morgan fingerprint density at radius 1 is 1.21 bits per heavy atom. The highest BCUT2D eigenvalue weighted by Crippen LogP contribution is 2.23. The summed E-state index contributed by atoms with van der Waals surface area (Å²) in [5.41, 5.74) is 2.77. The van der Waals surface area contributed by atoms with Crippen LogP contribution in [0.2, 0.25) is 0 Å². The number of phenolic OH excluding ortho intramolecular Hbond substituents is 1. The molecular weight excluding hydrogens is 356 g/mol. The van der Waals surface area contributed by atoms with Crippen molar-refractivity contribution >= 4 is 5.91 Å². The molecule has 6 heteroatoms. The van der Waals surface area contributed by atoms with Gasteiger partial charge in [0, 0.05) is 44.4 Å². The molecule has 1 atom stereocenters. The third-order valence-corrected chi connectivity index (χ3v) is 5.29. The normalized spacial score (nSPS) is 17.5. The molecule has 1 amide bonds. The molecule has 0 bridgehead atoms. The van der Waals surface area contributed by atoms with Crippen LogP contribution in [-0.2, 0) is 6.54 Å². The summed E-state index contributed by atoms with van der Waals surface area (Å²) >= 11 is 0. The Bertz CT molecular complexity index is 824. The minimum Gasteiger partial charge on any atom is -0.508 e. The Morgan fingerprint density at radius 2 is 2.04 bits per heavy atom. The molecule has 0 saturated carbocycles. The van der Waals surface area contributed by atoms with Crippen LogP contribution >= 0.6 is 0 Å². The first-order chi connectivity index (χ1) is 13.5. The smallest absolute Gasteiger partial charge is 0.254 e. The number of hydrogen-bond acceptors (Lipinski definition) is 5. The quantitative estimate of drug-likeness (QED) is 0.800. The Hall–Kier alpha value is -2.57. The third-order valence-electron chi connectivity index (χ3n) is 5.29. The number of carbonyl (C=O) groups excluding carboxylic acids is 1. The van der Waals surface area contributed by atoms with Crippen molar-refractivity contribution < 1.29 is 19.7 Å². The van der Waals surface area contributed by atoms with E-state index in [9.17, 15) is 15.0 Å². The lowest BCUT2D eigenvalue weighted by Crippen LogP contribution is -2.54. The third kappa shape index (κ3) is 4.64.